The Hall–Kier alpha value is -2.95. The van der Waals surface area contributed by atoms with Gasteiger partial charge in [-0.1, -0.05) is 38.1 Å². The monoisotopic (exact) mass is 366 g/mol. The minimum Gasteiger partial charge on any atom is -0.332 e. The second-order valence-corrected chi connectivity index (χ2v) is 7.16. The van der Waals surface area contributed by atoms with Gasteiger partial charge < -0.3 is 10.6 Å². The number of aryl methyl sites for hydroxylation is 1. The van der Waals surface area contributed by atoms with Crippen molar-refractivity contribution in [2.24, 2.45) is 0 Å². The van der Waals surface area contributed by atoms with Gasteiger partial charge in [0.25, 0.3) is 5.91 Å². The molecule has 0 aromatic heterocycles. The molecule has 3 rings (SSSR count). The molecule has 0 saturated heterocycles. The molecule has 140 valence electrons. The molecule has 0 aliphatic carbocycles. The van der Waals surface area contributed by atoms with E-state index in [1.54, 1.807) is 12.1 Å². The van der Waals surface area contributed by atoms with Crippen molar-refractivity contribution in [1.82, 2.24) is 5.32 Å². The van der Waals surface area contributed by atoms with Crippen LogP contribution in [0.2, 0.25) is 0 Å². The van der Waals surface area contributed by atoms with Crippen molar-refractivity contribution in [1.29, 1.82) is 0 Å². The molecule has 27 heavy (non-hydrogen) atoms. The van der Waals surface area contributed by atoms with Crippen molar-refractivity contribution < 1.29 is 14.0 Å². The average molecular weight is 366 g/mol. The van der Waals surface area contributed by atoms with Gasteiger partial charge in [-0.2, -0.15) is 0 Å². The summed E-state index contributed by atoms with van der Waals surface area (Å²) < 4.78 is 13.6. The van der Waals surface area contributed by atoms with Crippen molar-refractivity contribution in [3.63, 3.8) is 0 Å². The SMILES string of the molecule is Cc1ccc(C(C)C)cc1NC(=O)C1=CNC(=O)C[C@@H]1c1cccc(F)c1. The standard InChI is InChI=1S/C22H23FN2O2/c1-13(2)15-8-7-14(3)20(10-15)25-22(27)19-12-24-21(26)11-18(19)16-5-4-6-17(23)9-16/h4-10,12-13,18H,11H2,1-3H3,(H,24,26)(H,25,27)/t18-/m1/s1. The lowest BCUT2D eigenvalue weighted by Gasteiger charge is -2.24. The van der Waals surface area contributed by atoms with Crippen LogP contribution in [0, 0.1) is 12.7 Å². The highest BCUT2D eigenvalue weighted by Crippen LogP contribution is 2.32. The van der Waals surface area contributed by atoms with Crippen LogP contribution in [0.3, 0.4) is 0 Å². The van der Waals surface area contributed by atoms with Crippen LogP contribution in [-0.4, -0.2) is 11.8 Å². The molecule has 1 atom stereocenters. The number of nitrogens with one attached hydrogen (secondary N) is 2. The molecule has 1 aliphatic heterocycles. The Bertz CT molecular complexity index is 918. The van der Waals surface area contributed by atoms with Crippen LogP contribution in [0.5, 0.6) is 0 Å². The first-order chi connectivity index (χ1) is 12.8. The molecule has 1 heterocycles. The van der Waals surface area contributed by atoms with E-state index in [-0.39, 0.29) is 18.2 Å². The normalized spacial score (nSPS) is 16.7. The van der Waals surface area contributed by atoms with E-state index in [0.717, 1.165) is 16.8 Å². The van der Waals surface area contributed by atoms with Gasteiger partial charge >= 0.3 is 0 Å². The zero-order valence-corrected chi connectivity index (χ0v) is 15.7. The highest BCUT2D eigenvalue weighted by atomic mass is 19.1. The van der Waals surface area contributed by atoms with Gasteiger partial charge in [-0.05, 0) is 47.7 Å². The maximum absolute atomic E-state index is 13.6. The number of hydrogen-bond donors (Lipinski definition) is 2. The molecule has 0 spiro atoms. The summed E-state index contributed by atoms with van der Waals surface area (Å²) in [7, 11) is 0. The molecule has 2 aromatic rings. The smallest absolute Gasteiger partial charge is 0.253 e. The summed E-state index contributed by atoms with van der Waals surface area (Å²) in [5, 5.41) is 5.55. The number of carbonyl (C=O) groups is 2. The van der Waals surface area contributed by atoms with Crippen LogP contribution >= 0.6 is 0 Å². The van der Waals surface area contributed by atoms with E-state index < -0.39 is 11.7 Å². The molecule has 0 fully saturated rings. The molecule has 2 amide bonds. The van der Waals surface area contributed by atoms with Crippen LogP contribution in [0.25, 0.3) is 0 Å². The number of anilines is 1. The Morgan fingerprint density at radius 2 is 2.00 bits per heavy atom. The van der Waals surface area contributed by atoms with E-state index in [0.29, 0.717) is 17.1 Å². The molecule has 0 radical (unpaired) electrons. The van der Waals surface area contributed by atoms with Crippen LogP contribution in [0.4, 0.5) is 10.1 Å². The lowest BCUT2D eigenvalue weighted by atomic mass is 9.86. The van der Waals surface area contributed by atoms with Crippen LogP contribution in [0.15, 0.2) is 54.2 Å². The second kappa shape index (κ2) is 7.74. The van der Waals surface area contributed by atoms with E-state index in [4.69, 9.17) is 0 Å². The summed E-state index contributed by atoms with van der Waals surface area (Å²) >= 11 is 0. The molecule has 1 aliphatic rings. The largest absolute Gasteiger partial charge is 0.332 e. The fourth-order valence-corrected chi connectivity index (χ4v) is 3.19. The van der Waals surface area contributed by atoms with Crippen LogP contribution in [-0.2, 0) is 9.59 Å². The maximum atomic E-state index is 13.6. The Labute approximate surface area is 158 Å². The third-order valence-electron chi connectivity index (χ3n) is 4.84. The summed E-state index contributed by atoms with van der Waals surface area (Å²) in [6.45, 7) is 6.12. The van der Waals surface area contributed by atoms with E-state index >= 15 is 0 Å². The maximum Gasteiger partial charge on any atom is 0.253 e. The molecule has 0 saturated carbocycles. The quantitative estimate of drug-likeness (QED) is 0.843. The van der Waals surface area contributed by atoms with E-state index in [9.17, 15) is 14.0 Å². The van der Waals surface area contributed by atoms with Gasteiger partial charge in [0.2, 0.25) is 5.91 Å². The summed E-state index contributed by atoms with van der Waals surface area (Å²) in [5.41, 5.74) is 3.84. The van der Waals surface area contributed by atoms with Gasteiger partial charge in [0.15, 0.2) is 0 Å². The fourth-order valence-electron chi connectivity index (χ4n) is 3.19. The van der Waals surface area contributed by atoms with E-state index in [1.165, 1.54) is 18.3 Å². The van der Waals surface area contributed by atoms with Gasteiger partial charge in [-0.3, -0.25) is 9.59 Å². The first kappa shape index (κ1) is 18.8. The van der Waals surface area contributed by atoms with Gasteiger partial charge in [-0.15, -0.1) is 0 Å². The Balaban J connectivity index is 1.90. The molecular weight excluding hydrogens is 343 g/mol. The highest BCUT2D eigenvalue weighted by Gasteiger charge is 2.29. The van der Waals surface area contributed by atoms with Crippen molar-refractivity contribution in [2.45, 2.75) is 39.0 Å². The zero-order valence-electron chi connectivity index (χ0n) is 15.7. The highest BCUT2D eigenvalue weighted by molar-refractivity contribution is 6.06. The predicted molar refractivity (Wildman–Crippen MR) is 104 cm³/mol. The number of hydrogen-bond acceptors (Lipinski definition) is 2. The molecular formula is C22H23FN2O2. The Kier molecular flexibility index (Phi) is 5.40. The number of rotatable bonds is 4. The zero-order chi connectivity index (χ0) is 19.6. The Morgan fingerprint density at radius 3 is 2.70 bits per heavy atom. The average Bonchev–Trinajstić information content (AvgIpc) is 2.63. The molecule has 4 nitrogen and oxygen atoms in total. The number of carbonyl (C=O) groups excluding carboxylic acids is 2. The lowest BCUT2D eigenvalue weighted by molar-refractivity contribution is -0.121. The minimum atomic E-state index is -0.483. The van der Waals surface area contributed by atoms with Gasteiger partial charge in [0.05, 0.1) is 0 Å². The Morgan fingerprint density at radius 1 is 1.22 bits per heavy atom. The van der Waals surface area contributed by atoms with Crippen LogP contribution in [0.1, 0.15) is 48.8 Å². The minimum absolute atomic E-state index is 0.105. The molecule has 0 unspecified atom stereocenters. The van der Waals surface area contributed by atoms with E-state index in [1.807, 2.05) is 25.1 Å². The van der Waals surface area contributed by atoms with E-state index in [2.05, 4.69) is 24.5 Å². The number of halogens is 1. The molecule has 2 N–H and O–H groups in total. The van der Waals surface area contributed by atoms with Crippen molar-refractivity contribution >= 4 is 17.5 Å². The number of amides is 2. The molecule has 5 heteroatoms. The van der Waals surface area contributed by atoms with Crippen molar-refractivity contribution in [3.05, 3.63) is 76.7 Å². The summed E-state index contributed by atoms with van der Waals surface area (Å²) in [4.78, 5) is 24.8. The predicted octanol–water partition coefficient (Wildman–Crippen LogP) is 4.38. The summed E-state index contributed by atoms with van der Waals surface area (Å²) in [6.07, 6.45) is 1.53. The summed E-state index contributed by atoms with van der Waals surface area (Å²) in [5.74, 6) is -1.02. The molecule has 2 aromatic carbocycles. The van der Waals surface area contributed by atoms with Crippen LogP contribution < -0.4 is 10.6 Å². The fraction of sp³-hybridized carbons (Fsp3) is 0.273. The number of benzene rings is 2. The van der Waals surface area contributed by atoms with Gasteiger partial charge in [0, 0.05) is 29.8 Å². The van der Waals surface area contributed by atoms with Crippen molar-refractivity contribution in [3.8, 4) is 0 Å². The lowest BCUT2D eigenvalue weighted by Crippen LogP contribution is -2.32. The first-order valence-corrected chi connectivity index (χ1v) is 9.02. The third-order valence-corrected chi connectivity index (χ3v) is 4.84. The van der Waals surface area contributed by atoms with Crippen molar-refractivity contribution in [2.75, 3.05) is 5.32 Å². The first-order valence-electron chi connectivity index (χ1n) is 9.02. The topological polar surface area (TPSA) is 58.2 Å². The molecule has 0 bridgehead atoms. The van der Waals surface area contributed by atoms with Gasteiger partial charge in [0.1, 0.15) is 5.82 Å². The summed E-state index contributed by atoms with van der Waals surface area (Å²) in [6, 6.07) is 12.0. The van der Waals surface area contributed by atoms with Gasteiger partial charge in [-0.25, -0.2) is 4.39 Å². The third kappa shape index (κ3) is 4.25. The second-order valence-electron chi connectivity index (χ2n) is 7.16.